The van der Waals surface area contributed by atoms with Gasteiger partial charge in [0.05, 0.1) is 12.1 Å². The van der Waals surface area contributed by atoms with E-state index < -0.39 is 5.97 Å². The Labute approximate surface area is 97.3 Å². The minimum absolute atomic E-state index is 0.156. The molecule has 0 unspecified atom stereocenters. The van der Waals surface area contributed by atoms with Gasteiger partial charge in [0.1, 0.15) is 0 Å². The summed E-state index contributed by atoms with van der Waals surface area (Å²) >= 11 is 0. The Morgan fingerprint density at radius 3 is 2.82 bits per heavy atom. The number of aliphatic carboxylic acids is 1. The zero-order valence-corrected chi connectivity index (χ0v) is 9.17. The second-order valence-corrected chi connectivity index (χ2v) is 3.78. The lowest BCUT2D eigenvalue weighted by atomic mass is 10.1. The van der Waals surface area contributed by atoms with E-state index >= 15 is 0 Å². The fraction of sp³-hybridized carbons (Fsp3) is 0.182. The highest BCUT2D eigenvalue weighted by atomic mass is 16.4. The van der Waals surface area contributed by atoms with E-state index in [1.54, 1.807) is 25.1 Å². The topological polar surface area (TPSA) is 96.0 Å². The summed E-state index contributed by atoms with van der Waals surface area (Å²) in [7, 11) is 0. The number of carboxylic acid groups (broad SMARTS) is 1. The first-order valence-corrected chi connectivity index (χ1v) is 4.99. The normalized spacial score (nSPS) is 15.0. The predicted molar refractivity (Wildman–Crippen MR) is 62.8 cm³/mol. The van der Waals surface area contributed by atoms with E-state index in [0.717, 1.165) is 10.6 Å². The van der Waals surface area contributed by atoms with Crippen LogP contribution in [0.4, 0.5) is 11.4 Å². The van der Waals surface area contributed by atoms with E-state index in [-0.39, 0.29) is 18.0 Å². The molecule has 1 amide bonds. The largest absolute Gasteiger partial charge is 0.477 e. The zero-order chi connectivity index (χ0) is 12.6. The second-order valence-electron chi connectivity index (χ2n) is 3.78. The molecule has 0 aliphatic carbocycles. The number of carboxylic acids is 1. The highest BCUT2D eigenvalue weighted by Gasteiger charge is 2.29. The zero-order valence-electron chi connectivity index (χ0n) is 9.17. The van der Waals surface area contributed by atoms with Gasteiger partial charge >= 0.3 is 5.97 Å². The van der Waals surface area contributed by atoms with Gasteiger partial charge in [0.2, 0.25) is 0 Å². The van der Waals surface area contributed by atoms with Crippen molar-refractivity contribution in [1.29, 1.82) is 0 Å². The molecule has 17 heavy (non-hydrogen) atoms. The third kappa shape index (κ3) is 1.96. The second kappa shape index (κ2) is 3.89. The number of carbonyl (C=O) groups is 2. The molecule has 0 atom stereocenters. The highest BCUT2D eigenvalue weighted by molar-refractivity contribution is 6.42. The van der Waals surface area contributed by atoms with E-state index in [4.69, 9.17) is 10.8 Å². The number of hydrazone groups is 1. The van der Waals surface area contributed by atoms with Crippen LogP contribution in [0.25, 0.3) is 0 Å². The molecular weight excluding hydrogens is 222 g/mol. The van der Waals surface area contributed by atoms with Gasteiger partial charge in [-0.15, -0.1) is 0 Å². The fourth-order valence-corrected chi connectivity index (χ4v) is 1.59. The van der Waals surface area contributed by atoms with Crippen LogP contribution in [0.2, 0.25) is 0 Å². The van der Waals surface area contributed by atoms with Crippen molar-refractivity contribution in [3.05, 3.63) is 23.8 Å². The van der Waals surface area contributed by atoms with Crippen molar-refractivity contribution in [1.82, 2.24) is 0 Å². The van der Waals surface area contributed by atoms with Gasteiger partial charge in [0.25, 0.3) is 5.91 Å². The average Bonchev–Trinajstić information content (AvgIpc) is 2.64. The Balaban J connectivity index is 2.43. The molecule has 0 saturated heterocycles. The lowest BCUT2D eigenvalue weighted by Gasteiger charge is -2.14. The molecule has 1 heterocycles. The lowest BCUT2D eigenvalue weighted by Crippen LogP contribution is -2.20. The molecule has 0 radical (unpaired) electrons. The van der Waals surface area contributed by atoms with Crippen molar-refractivity contribution in [3.8, 4) is 0 Å². The van der Waals surface area contributed by atoms with E-state index in [1.807, 2.05) is 0 Å². The third-order valence-electron chi connectivity index (χ3n) is 2.48. The minimum Gasteiger partial charge on any atom is -0.477 e. The predicted octanol–water partition coefficient (Wildman–Crippen LogP) is 0.755. The van der Waals surface area contributed by atoms with Crippen LogP contribution in [0, 0.1) is 6.92 Å². The van der Waals surface area contributed by atoms with Crippen molar-refractivity contribution in [2.75, 3.05) is 10.7 Å². The number of rotatable bonds is 2. The molecule has 1 aliphatic heterocycles. The van der Waals surface area contributed by atoms with Crippen LogP contribution in [0.15, 0.2) is 23.3 Å². The van der Waals surface area contributed by atoms with E-state index in [9.17, 15) is 9.59 Å². The molecule has 1 aromatic carbocycles. The van der Waals surface area contributed by atoms with Crippen molar-refractivity contribution in [3.63, 3.8) is 0 Å². The number of hydrogen-bond acceptors (Lipinski definition) is 4. The van der Waals surface area contributed by atoms with Gasteiger partial charge < -0.3 is 10.8 Å². The van der Waals surface area contributed by atoms with Crippen LogP contribution in [0.5, 0.6) is 0 Å². The maximum Gasteiger partial charge on any atom is 0.352 e. The Bertz CT molecular complexity index is 537. The molecule has 1 aliphatic rings. The number of aryl methyl sites for hydroxylation is 1. The number of benzene rings is 1. The number of carbonyl (C=O) groups excluding carboxylic acids is 1. The number of nitrogens with two attached hydrogens (primary N) is 1. The summed E-state index contributed by atoms with van der Waals surface area (Å²) in [6.07, 6.45) is -0.191. The summed E-state index contributed by atoms with van der Waals surface area (Å²) in [5, 5.41) is 13.7. The summed E-state index contributed by atoms with van der Waals surface area (Å²) in [6.45, 7) is 1.80. The summed E-state index contributed by atoms with van der Waals surface area (Å²) in [6, 6.07) is 5.06. The number of amides is 1. The number of nitrogen functional groups attached to an aromatic ring is 1. The molecule has 2 rings (SSSR count). The Morgan fingerprint density at radius 1 is 1.53 bits per heavy atom. The van der Waals surface area contributed by atoms with Gasteiger partial charge in [-0.1, -0.05) is 6.07 Å². The van der Waals surface area contributed by atoms with E-state index in [2.05, 4.69) is 5.10 Å². The van der Waals surface area contributed by atoms with Crippen LogP contribution in [0.3, 0.4) is 0 Å². The fourth-order valence-electron chi connectivity index (χ4n) is 1.59. The maximum absolute atomic E-state index is 11.7. The van der Waals surface area contributed by atoms with Crippen molar-refractivity contribution >= 4 is 29.0 Å². The van der Waals surface area contributed by atoms with Crippen molar-refractivity contribution in [2.24, 2.45) is 5.10 Å². The molecule has 6 heteroatoms. The van der Waals surface area contributed by atoms with Crippen LogP contribution < -0.4 is 10.7 Å². The van der Waals surface area contributed by atoms with E-state index in [0.29, 0.717) is 11.4 Å². The summed E-state index contributed by atoms with van der Waals surface area (Å²) in [4.78, 5) is 22.4. The Morgan fingerprint density at radius 2 is 2.24 bits per heavy atom. The molecule has 0 spiro atoms. The quantitative estimate of drug-likeness (QED) is 0.737. The van der Waals surface area contributed by atoms with E-state index in [1.165, 1.54) is 0 Å². The summed E-state index contributed by atoms with van der Waals surface area (Å²) in [5.41, 5.74) is 7.30. The van der Waals surface area contributed by atoms with Gasteiger partial charge in [0.15, 0.2) is 5.71 Å². The first-order valence-electron chi connectivity index (χ1n) is 4.99. The first kappa shape index (κ1) is 11.1. The van der Waals surface area contributed by atoms with Crippen molar-refractivity contribution < 1.29 is 14.7 Å². The summed E-state index contributed by atoms with van der Waals surface area (Å²) < 4.78 is 0. The highest BCUT2D eigenvalue weighted by Crippen LogP contribution is 2.26. The summed E-state index contributed by atoms with van der Waals surface area (Å²) in [5.74, 6) is -1.54. The average molecular weight is 233 g/mol. The third-order valence-corrected chi connectivity index (χ3v) is 2.48. The molecule has 0 bridgehead atoms. The first-order chi connectivity index (χ1) is 7.99. The number of hydrogen-bond donors (Lipinski definition) is 2. The van der Waals surface area contributed by atoms with Crippen LogP contribution >= 0.6 is 0 Å². The van der Waals surface area contributed by atoms with Gasteiger partial charge in [-0.25, -0.2) is 4.79 Å². The monoisotopic (exact) mass is 233 g/mol. The molecule has 88 valence electrons. The molecule has 0 fully saturated rings. The molecule has 3 N–H and O–H groups in total. The smallest absolute Gasteiger partial charge is 0.352 e. The van der Waals surface area contributed by atoms with Crippen LogP contribution in [0.1, 0.15) is 12.0 Å². The SMILES string of the molecule is Cc1ccc(N)cc1N1N=C(C(=O)O)CC1=O. The van der Waals surface area contributed by atoms with Gasteiger partial charge in [-0.3, -0.25) is 4.79 Å². The van der Waals surface area contributed by atoms with Gasteiger partial charge in [0, 0.05) is 5.69 Å². The number of anilines is 2. The van der Waals surface area contributed by atoms with Crippen LogP contribution in [-0.2, 0) is 9.59 Å². The standard InChI is InChI=1S/C11H11N3O3/c1-6-2-3-7(12)4-9(6)14-10(15)5-8(13-14)11(16)17/h2-4H,5,12H2,1H3,(H,16,17). The Hall–Kier alpha value is -2.37. The van der Waals surface area contributed by atoms with Gasteiger partial charge in [-0.05, 0) is 24.6 Å². The van der Waals surface area contributed by atoms with Crippen LogP contribution in [-0.4, -0.2) is 22.7 Å². The molecular formula is C11H11N3O3. The maximum atomic E-state index is 11.7. The Kier molecular flexibility index (Phi) is 2.55. The molecule has 0 aromatic heterocycles. The molecule has 0 saturated carbocycles. The molecule has 1 aromatic rings. The number of nitrogens with zero attached hydrogens (tertiary/aromatic N) is 2. The molecule has 6 nitrogen and oxygen atoms in total. The minimum atomic E-state index is -1.18. The van der Waals surface area contributed by atoms with Crippen molar-refractivity contribution in [2.45, 2.75) is 13.3 Å². The van der Waals surface area contributed by atoms with Gasteiger partial charge in [-0.2, -0.15) is 10.1 Å². The lowest BCUT2D eigenvalue weighted by molar-refractivity contribution is -0.129.